The Bertz CT molecular complexity index is 845. The number of carbonyl (C=O) groups excluding carboxylic acids is 2. The second-order valence-corrected chi connectivity index (χ2v) is 7.24. The first-order valence-electron chi connectivity index (χ1n) is 9.94. The van der Waals surface area contributed by atoms with E-state index in [1.807, 2.05) is 39.8 Å². The van der Waals surface area contributed by atoms with Crippen LogP contribution in [-0.2, 0) is 0 Å². The van der Waals surface area contributed by atoms with E-state index in [9.17, 15) is 9.59 Å². The van der Waals surface area contributed by atoms with Gasteiger partial charge in [0.15, 0.2) is 11.5 Å². The van der Waals surface area contributed by atoms with Gasteiger partial charge in [0.25, 0.3) is 11.8 Å². The molecule has 0 aromatic heterocycles. The summed E-state index contributed by atoms with van der Waals surface area (Å²) in [5, 5.41) is 0. The van der Waals surface area contributed by atoms with Crippen molar-refractivity contribution in [3.8, 4) is 17.2 Å². The number of hydrazine groups is 1. The molecule has 2 aromatic rings. The summed E-state index contributed by atoms with van der Waals surface area (Å²) >= 11 is 1.56. The lowest BCUT2D eigenvalue weighted by Crippen LogP contribution is -2.41. The number of hydrogen-bond donors (Lipinski definition) is 2. The standard InChI is InChI=1S/C22H28N2O5S/c1-5-27-17-13-15(14-18(28-6-2)20(17)29-7-3)21(25)23-24-22(26)16-11-9-10-12-19(16)30-8-4/h9-14H,5-8H2,1-4H3,(H,23,25)(H,24,26). The minimum atomic E-state index is -0.492. The molecule has 2 rings (SSSR count). The summed E-state index contributed by atoms with van der Waals surface area (Å²) in [6, 6.07) is 10.4. The van der Waals surface area contributed by atoms with Gasteiger partial charge in [-0.1, -0.05) is 19.1 Å². The van der Waals surface area contributed by atoms with E-state index in [1.54, 1.807) is 36.0 Å². The zero-order chi connectivity index (χ0) is 21.9. The van der Waals surface area contributed by atoms with Crippen molar-refractivity contribution in [1.82, 2.24) is 10.9 Å². The number of benzene rings is 2. The van der Waals surface area contributed by atoms with E-state index in [2.05, 4.69) is 10.9 Å². The van der Waals surface area contributed by atoms with E-state index >= 15 is 0 Å². The van der Waals surface area contributed by atoms with E-state index in [0.717, 1.165) is 10.6 Å². The van der Waals surface area contributed by atoms with E-state index in [0.29, 0.717) is 42.6 Å². The van der Waals surface area contributed by atoms with Crippen LogP contribution in [0.25, 0.3) is 0 Å². The molecule has 0 atom stereocenters. The molecule has 2 N–H and O–H groups in total. The lowest BCUT2D eigenvalue weighted by atomic mass is 10.1. The Morgan fingerprint density at radius 3 is 1.97 bits per heavy atom. The Kier molecular flexibility index (Phi) is 9.34. The largest absolute Gasteiger partial charge is 0.490 e. The van der Waals surface area contributed by atoms with E-state index in [-0.39, 0.29) is 11.5 Å². The van der Waals surface area contributed by atoms with Crippen LogP contribution >= 0.6 is 11.8 Å². The maximum Gasteiger partial charge on any atom is 0.270 e. The van der Waals surface area contributed by atoms with Gasteiger partial charge in [-0.15, -0.1) is 11.8 Å². The number of amides is 2. The first kappa shape index (κ1) is 23.4. The van der Waals surface area contributed by atoms with E-state index < -0.39 is 5.91 Å². The molecule has 8 heteroatoms. The molecule has 0 bridgehead atoms. The first-order chi connectivity index (χ1) is 14.5. The fraction of sp³-hybridized carbons (Fsp3) is 0.364. The van der Waals surface area contributed by atoms with Crippen LogP contribution in [0.5, 0.6) is 17.2 Å². The number of thioether (sulfide) groups is 1. The first-order valence-corrected chi connectivity index (χ1v) is 10.9. The summed E-state index contributed by atoms with van der Waals surface area (Å²) in [5.41, 5.74) is 5.71. The average Bonchev–Trinajstić information content (AvgIpc) is 2.74. The number of hydrogen-bond acceptors (Lipinski definition) is 6. The molecule has 30 heavy (non-hydrogen) atoms. The van der Waals surface area contributed by atoms with Gasteiger partial charge in [0.2, 0.25) is 5.75 Å². The SMILES string of the molecule is CCOc1cc(C(=O)NNC(=O)c2ccccc2SCC)cc(OCC)c1OCC. The van der Waals surface area contributed by atoms with E-state index in [1.165, 1.54) is 0 Å². The summed E-state index contributed by atoms with van der Waals surface area (Å²) in [4.78, 5) is 26.1. The predicted molar refractivity (Wildman–Crippen MR) is 118 cm³/mol. The molecule has 0 radical (unpaired) electrons. The molecule has 0 unspecified atom stereocenters. The average molecular weight is 433 g/mol. The van der Waals surface area contributed by atoms with Gasteiger partial charge < -0.3 is 14.2 Å². The molecule has 0 aliphatic rings. The Morgan fingerprint density at radius 2 is 1.40 bits per heavy atom. The summed E-state index contributed by atoms with van der Waals surface area (Å²) in [6.07, 6.45) is 0. The lowest BCUT2D eigenvalue weighted by molar-refractivity contribution is 0.0844. The van der Waals surface area contributed by atoms with Crippen molar-refractivity contribution in [2.75, 3.05) is 25.6 Å². The van der Waals surface area contributed by atoms with Crippen molar-refractivity contribution >= 4 is 23.6 Å². The number of nitrogens with one attached hydrogen (secondary N) is 2. The molecule has 162 valence electrons. The molecule has 7 nitrogen and oxygen atoms in total. The fourth-order valence-electron chi connectivity index (χ4n) is 2.71. The van der Waals surface area contributed by atoms with Gasteiger partial charge in [0, 0.05) is 10.5 Å². The van der Waals surface area contributed by atoms with Crippen molar-refractivity contribution in [1.29, 1.82) is 0 Å². The van der Waals surface area contributed by atoms with Crippen LogP contribution in [0.1, 0.15) is 48.4 Å². The zero-order valence-corrected chi connectivity index (χ0v) is 18.6. The normalized spacial score (nSPS) is 10.3. The highest BCUT2D eigenvalue weighted by atomic mass is 32.2. The Hall–Kier alpha value is -2.87. The van der Waals surface area contributed by atoms with Gasteiger partial charge in [-0.25, -0.2) is 0 Å². The minimum absolute atomic E-state index is 0.280. The van der Waals surface area contributed by atoms with Gasteiger partial charge in [-0.3, -0.25) is 20.4 Å². The smallest absolute Gasteiger partial charge is 0.270 e. The summed E-state index contributed by atoms with van der Waals surface area (Å²) < 4.78 is 16.9. The number of rotatable bonds is 10. The highest BCUT2D eigenvalue weighted by molar-refractivity contribution is 7.99. The van der Waals surface area contributed by atoms with Crippen LogP contribution in [0.4, 0.5) is 0 Å². The monoisotopic (exact) mass is 432 g/mol. The highest BCUT2D eigenvalue weighted by Gasteiger charge is 2.19. The molecule has 0 saturated carbocycles. The zero-order valence-electron chi connectivity index (χ0n) is 17.7. The Balaban J connectivity index is 2.21. The Labute approximate surface area is 181 Å². The quantitative estimate of drug-likeness (QED) is 0.435. The molecule has 2 amide bonds. The Morgan fingerprint density at radius 1 is 0.833 bits per heavy atom. The van der Waals surface area contributed by atoms with Crippen LogP contribution in [-0.4, -0.2) is 37.4 Å². The van der Waals surface area contributed by atoms with E-state index in [4.69, 9.17) is 14.2 Å². The van der Waals surface area contributed by atoms with Crippen molar-refractivity contribution in [3.63, 3.8) is 0 Å². The minimum Gasteiger partial charge on any atom is -0.490 e. The third-order valence-corrected chi connectivity index (χ3v) is 4.85. The third-order valence-electron chi connectivity index (χ3n) is 3.89. The van der Waals surface area contributed by atoms with Gasteiger partial charge >= 0.3 is 0 Å². The summed E-state index contributed by atoms with van der Waals surface area (Å²) in [7, 11) is 0. The number of ether oxygens (including phenoxy) is 3. The van der Waals surface area contributed by atoms with Crippen molar-refractivity contribution in [2.45, 2.75) is 32.6 Å². The second-order valence-electron chi connectivity index (χ2n) is 5.94. The lowest BCUT2D eigenvalue weighted by Gasteiger charge is -2.17. The van der Waals surface area contributed by atoms with Crippen LogP contribution in [0.3, 0.4) is 0 Å². The van der Waals surface area contributed by atoms with Crippen LogP contribution in [0.2, 0.25) is 0 Å². The van der Waals surface area contributed by atoms with Gasteiger partial charge in [-0.2, -0.15) is 0 Å². The van der Waals surface area contributed by atoms with Crippen LogP contribution in [0, 0.1) is 0 Å². The molecule has 0 spiro atoms. The van der Waals surface area contributed by atoms with Crippen LogP contribution in [0.15, 0.2) is 41.3 Å². The molecule has 0 heterocycles. The summed E-state index contributed by atoms with van der Waals surface area (Å²) in [6.45, 7) is 8.79. The maximum atomic E-state index is 12.7. The van der Waals surface area contributed by atoms with Gasteiger partial charge in [0.1, 0.15) is 0 Å². The van der Waals surface area contributed by atoms with Crippen molar-refractivity contribution in [2.24, 2.45) is 0 Å². The molecular formula is C22H28N2O5S. The predicted octanol–water partition coefficient (Wildman–Crippen LogP) is 4.07. The fourth-order valence-corrected chi connectivity index (χ4v) is 3.51. The topological polar surface area (TPSA) is 85.9 Å². The molecule has 0 fully saturated rings. The highest BCUT2D eigenvalue weighted by Crippen LogP contribution is 2.39. The summed E-state index contributed by atoms with van der Waals surface area (Å²) in [5.74, 6) is 1.23. The molecule has 2 aromatic carbocycles. The van der Waals surface area contributed by atoms with Crippen molar-refractivity contribution in [3.05, 3.63) is 47.5 Å². The molecule has 0 aliphatic heterocycles. The second kappa shape index (κ2) is 12.0. The molecular weight excluding hydrogens is 404 g/mol. The molecule has 0 saturated heterocycles. The van der Waals surface area contributed by atoms with Crippen LogP contribution < -0.4 is 25.1 Å². The van der Waals surface area contributed by atoms with Gasteiger partial charge in [-0.05, 0) is 50.8 Å². The maximum absolute atomic E-state index is 12.7. The molecule has 0 aliphatic carbocycles. The van der Waals surface area contributed by atoms with Crippen molar-refractivity contribution < 1.29 is 23.8 Å². The number of carbonyl (C=O) groups is 2. The van der Waals surface area contributed by atoms with Gasteiger partial charge in [0.05, 0.1) is 25.4 Å². The third kappa shape index (κ3) is 6.06.